The predicted molar refractivity (Wildman–Crippen MR) is 291 cm³/mol. The van der Waals surface area contributed by atoms with E-state index in [0.717, 1.165) is 0 Å². The molecule has 14 atom stereocenters. The number of ketones is 1. The molecule has 3 aliphatic heterocycles. The van der Waals surface area contributed by atoms with Gasteiger partial charge in [-0.3, -0.25) is 43.3 Å². The molecule has 1 aromatic rings. The molecule has 3 heterocycles. The number of Topliss-reactive ketones (excluding diaryl/α,β-unsaturated/α-hetero) is 1. The molecule has 6 N–H and O–H groups in total. The lowest BCUT2D eigenvalue weighted by Crippen LogP contribution is -2.62. The molecular formula is C57H91N7O15. The minimum Gasteiger partial charge on any atom is -0.497 e. The van der Waals surface area contributed by atoms with E-state index in [2.05, 4.69) is 16.0 Å². The number of ether oxygens (including phenoxy) is 3. The van der Waals surface area contributed by atoms with E-state index in [0.29, 0.717) is 43.5 Å². The number of likely N-dealkylation sites (N-methyl/N-ethyl adjacent to an activating group) is 2. The molecule has 444 valence electrons. The van der Waals surface area contributed by atoms with Crippen LogP contribution < -0.4 is 20.7 Å². The second-order valence-corrected chi connectivity index (χ2v) is 23.1. The van der Waals surface area contributed by atoms with E-state index in [9.17, 15) is 53.7 Å². The SMILES string of the molecule is CC[C@H](C)[C@H]1NC(=O)[C@@H](NC(=O)[C@H](CC(C)C)N(C)C(=O)[C@@H]2CCCN2C(O)[C@H](C)O)[C@@H](C)OC(=O)[C@H](Cc2ccc(OC)cc2)N(C)C(=O)[C@@H]2CCCN2C(=O)[C@H](CC(C)C)NC(=O)[C@@H](C)C(=O)[C@H](C(C)C)OC(=O)C[C@@H]1O. The van der Waals surface area contributed by atoms with E-state index in [1.54, 1.807) is 52.0 Å². The predicted octanol–water partition coefficient (Wildman–Crippen LogP) is 2.11. The average molecular weight is 1110 g/mol. The fourth-order valence-corrected chi connectivity index (χ4v) is 10.6. The molecule has 0 aliphatic carbocycles. The monoisotopic (exact) mass is 1110 g/mol. The van der Waals surface area contributed by atoms with Crippen LogP contribution in [-0.2, 0) is 59.0 Å². The number of amides is 6. The van der Waals surface area contributed by atoms with Crippen LogP contribution in [0.2, 0.25) is 0 Å². The molecule has 22 heteroatoms. The van der Waals surface area contributed by atoms with Crippen LogP contribution in [0.15, 0.2) is 24.3 Å². The first kappa shape index (κ1) is 65.8. The maximum Gasteiger partial charge on any atom is 0.329 e. The Morgan fingerprint density at radius 2 is 1.49 bits per heavy atom. The van der Waals surface area contributed by atoms with Gasteiger partial charge in [0.15, 0.2) is 11.9 Å². The van der Waals surface area contributed by atoms with E-state index >= 15 is 4.79 Å². The number of methoxy groups -OCH3 is 1. The van der Waals surface area contributed by atoms with E-state index in [1.807, 2.05) is 27.7 Å². The quantitative estimate of drug-likeness (QED) is 0.102. The highest BCUT2D eigenvalue weighted by Crippen LogP contribution is 2.28. The molecule has 0 saturated carbocycles. The molecule has 0 bridgehead atoms. The Kier molecular flexibility index (Phi) is 24.7. The molecule has 3 aliphatic rings. The Labute approximate surface area is 466 Å². The second kappa shape index (κ2) is 29.7. The standard InChI is InChI=1S/C57H91N7O15/c1-15-33(8)46-44(66)29-45(67)79-49(32(6)7)48(68)34(9)50(69)58-39(26-30(2)3)54(73)64-25-17-19-41(64)56(75)62(13)43(28-37-20-22-38(77-14)23-21-37)57(76)78-36(11)47(52(71)59-46)60-51(70)42(27-31(4)5)61(12)55(74)40-18-16-24-63(40)53(72)35(10)65/h20-23,30-36,39-44,46-47,49,53,65-66,72H,15-19,24-29H2,1-14H3,(H,58,69)(H,59,71)(H,60,70)/t33-,34-,35-,36+,39-,40-,41-,42-,43-,44-,46+,47-,49-,53?/m0/s1. The van der Waals surface area contributed by atoms with Gasteiger partial charge in [-0.15, -0.1) is 0 Å². The summed E-state index contributed by atoms with van der Waals surface area (Å²) in [6, 6.07) is -2.00. The van der Waals surface area contributed by atoms with Crippen LogP contribution >= 0.6 is 0 Å². The Morgan fingerprint density at radius 1 is 0.861 bits per heavy atom. The van der Waals surface area contributed by atoms with Gasteiger partial charge in [0.05, 0.1) is 43.7 Å². The molecule has 4 rings (SSSR count). The number of rotatable bonds is 16. The van der Waals surface area contributed by atoms with E-state index in [4.69, 9.17) is 14.2 Å². The number of aliphatic hydroxyl groups excluding tert-OH is 3. The summed E-state index contributed by atoms with van der Waals surface area (Å²) in [5.74, 6) is -9.46. The highest BCUT2D eigenvalue weighted by Gasteiger charge is 2.46. The third kappa shape index (κ3) is 17.2. The first-order valence-electron chi connectivity index (χ1n) is 28.2. The Bertz CT molecular complexity index is 2280. The zero-order valence-corrected chi connectivity index (χ0v) is 48.9. The van der Waals surface area contributed by atoms with Crippen molar-refractivity contribution in [1.82, 2.24) is 35.6 Å². The third-order valence-electron chi connectivity index (χ3n) is 15.7. The van der Waals surface area contributed by atoms with Crippen LogP contribution in [0.25, 0.3) is 0 Å². The highest BCUT2D eigenvalue weighted by molar-refractivity contribution is 6.05. The lowest BCUT2D eigenvalue weighted by molar-refractivity contribution is -0.163. The lowest BCUT2D eigenvalue weighted by Gasteiger charge is -2.37. The summed E-state index contributed by atoms with van der Waals surface area (Å²) in [4.78, 5) is 136. The largest absolute Gasteiger partial charge is 0.497 e. The minimum atomic E-state index is -1.75. The summed E-state index contributed by atoms with van der Waals surface area (Å²) in [6.45, 7) is 18.7. The van der Waals surface area contributed by atoms with Gasteiger partial charge in [0.1, 0.15) is 48.3 Å². The lowest BCUT2D eigenvalue weighted by atomic mass is 9.91. The van der Waals surface area contributed by atoms with Gasteiger partial charge in [-0.05, 0) is 101 Å². The van der Waals surface area contributed by atoms with Crippen LogP contribution in [0.4, 0.5) is 0 Å². The molecule has 1 aromatic carbocycles. The number of nitrogens with zero attached hydrogens (tertiary/aromatic N) is 4. The molecule has 79 heavy (non-hydrogen) atoms. The van der Waals surface area contributed by atoms with Crippen LogP contribution in [0, 0.1) is 29.6 Å². The van der Waals surface area contributed by atoms with Crippen LogP contribution in [0.5, 0.6) is 5.75 Å². The zero-order valence-electron chi connectivity index (χ0n) is 48.9. The van der Waals surface area contributed by atoms with E-state index < -0.39 is 150 Å². The number of hydrogen-bond acceptors (Lipinski definition) is 16. The summed E-state index contributed by atoms with van der Waals surface area (Å²) in [5.41, 5.74) is 0.576. The van der Waals surface area contributed by atoms with Gasteiger partial charge in [-0.2, -0.15) is 0 Å². The van der Waals surface area contributed by atoms with Crippen molar-refractivity contribution >= 4 is 53.2 Å². The molecular weight excluding hydrogens is 1020 g/mol. The van der Waals surface area contributed by atoms with Crippen LogP contribution in [-0.4, -0.2) is 195 Å². The summed E-state index contributed by atoms with van der Waals surface area (Å²) in [6.07, 6.45) is -5.96. The van der Waals surface area contributed by atoms with Gasteiger partial charge in [0.25, 0.3) is 0 Å². The zero-order chi connectivity index (χ0) is 59.3. The Balaban J connectivity index is 1.89. The van der Waals surface area contributed by atoms with Gasteiger partial charge in [0.2, 0.25) is 35.4 Å². The smallest absolute Gasteiger partial charge is 0.329 e. The molecule has 3 saturated heterocycles. The van der Waals surface area contributed by atoms with Crippen molar-refractivity contribution < 1.29 is 72.7 Å². The van der Waals surface area contributed by atoms with Crippen molar-refractivity contribution in [3.63, 3.8) is 0 Å². The van der Waals surface area contributed by atoms with E-state index in [1.165, 1.54) is 61.6 Å². The van der Waals surface area contributed by atoms with Crippen molar-refractivity contribution in [2.24, 2.45) is 29.6 Å². The average Bonchev–Trinajstić information content (AvgIpc) is 4.13. The van der Waals surface area contributed by atoms with E-state index in [-0.39, 0.29) is 44.1 Å². The van der Waals surface area contributed by atoms with Crippen LogP contribution in [0.3, 0.4) is 0 Å². The van der Waals surface area contributed by atoms with Gasteiger partial charge < -0.3 is 60.2 Å². The number of hydrogen-bond donors (Lipinski definition) is 6. The van der Waals surface area contributed by atoms with Crippen molar-refractivity contribution in [2.75, 3.05) is 34.3 Å². The number of benzene rings is 1. The molecule has 0 spiro atoms. The highest BCUT2D eigenvalue weighted by atomic mass is 16.6. The molecule has 0 radical (unpaired) electrons. The van der Waals surface area contributed by atoms with Crippen molar-refractivity contribution in [3.05, 3.63) is 29.8 Å². The fourth-order valence-electron chi connectivity index (χ4n) is 10.6. The number of aliphatic hydroxyl groups is 3. The fraction of sp³-hybridized carbons (Fsp3) is 0.737. The molecule has 6 amide bonds. The maximum atomic E-state index is 15.0. The summed E-state index contributed by atoms with van der Waals surface area (Å²) < 4.78 is 17.2. The summed E-state index contributed by atoms with van der Waals surface area (Å²) in [7, 11) is 4.33. The first-order valence-corrected chi connectivity index (χ1v) is 28.2. The van der Waals surface area contributed by atoms with Gasteiger partial charge in [-0.1, -0.05) is 73.9 Å². The van der Waals surface area contributed by atoms with Crippen molar-refractivity contribution in [2.45, 2.75) is 207 Å². The number of fused-ring (bicyclic) bond motifs is 1. The first-order chi connectivity index (χ1) is 37.0. The minimum absolute atomic E-state index is 0.0944. The number of likely N-dealkylation sites (tertiary alicyclic amines) is 1. The maximum absolute atomic E-state index is 15.0. The third-order valence-corrected chi connectivity index (χ3v) is 15.7. The molecule has 3 fully saturated rings. The van der Waals surface area contributed by atoms with Gasteiger partial charge in [0, 0.05) is 33.6 Å². The van der Waals surface area contributed by atoms with Crippen molar-refractivity contribution in [1.29, 1.82) is 0 Å². The van der Waals surface area contributed by atoms with Gasteiger partial charge in [-0.25, -0.2) is 4.79 Å². The number of nitrogens with one attached hydrogen (secondary N) is 3. The second-order valence-electron chi connectivity index (χ2n) is 23.1. The van der Waals surface area contributed by atoms with Gasteiger partial charge >= 0.3 is 11.9 Å². The Hall–Kier alpha value is -5.71. The number of carbonyl (C=O) groups is 9. The number of esters is 2. The molecule has 22 nitrogen and oxygen atoms in total. The van der Waals surface area contributed by atoms with Crippen LogP contribution in [0.1, 0.15) is 133 Å². The van der Waals surface area contributed by atoms with Crippen molar-refractivity contribution in [3.8, 4) is 5.75 Å². The normalized spacial score (nSPS) is 28.4. The molecule has 0 aromatic heterocycles. The summed E-state index contributed by atoms with van der Waals surface area (Å²) >= 11 is 0. The summed E-state index contributed by atoms with van der Waals surface area (Å²) in [5, 5.41) is 41.2. The topological polar surface area (TPSA) is 291 Å². The number of carbonyl (C=O) groups excluding carboxylic acids is 9. The Morgan fingerprint density at radius 3 is 2.06 bits per heavy atom. The number of cyclic esters (lactones) is 2. The molecule has 1 unspecified atom stereocenters.